The second kappa shape index (κ2) is 3.96. The van der Waals surface area contributed by atoms with Crippen molar-refractivity contribution in [2.75, 3.05) is 5.32 Å². The molecule has 0 atom stereocenters. The summed E-state index contributed by atoms with van der Waals surface area (Å²) < 4.78 is 0.710. The van der Waals surface area contributed by atoms with Crippen LogP contribution in [-0.2, 0) is 0 Å². The molecule has 74 valence electrons. The lowest BCUT2D eigenvalue weighted by atomic mass is 10.4. The molecular weight excluding hydrogens is 246 g/mol. The molecule has 0 unspecified atom stereocenters. The van der Waals surface area contributed by atoms with Gasteiger partial charge in [0.1, 0.15) is 4.60 Å². The number of pyridine rings is 1. The van der Waals surface area contributed by atoms with E-state index in [1.54, 1.807) is 18.3 Å². The van der Waals surface area contributed by atoms with Crippen molar-refractivity contribution in [3.05, 3.63) is 22.9 Å². The molecule has 1 aliphatic rings. The van der Waals surface area contributed by atoms with E-state index in [-0.39, 0.29) is 6.03 Å². The van der Waals surface area contributed by atoms with E-state index >= 15 is 0 Å². The number of carbonyl (C=O) groups excluding carboxylic acids is 1. The van der Waals surface area contributed by atoms with Gasteiger partial charge in [-0.15, -0.1) is 0 Å². The highest BCUT2D eigenvalue weighted by Crippen LogP contribution is 2.19. The second-order valence-corrected chi connectivity index (χ2v) is 4.05. The van der Waals surface area contributed by atoms with Crippen molar-refractivity contribution in [1.82, 2.24) is 10.3 Å². The molecule has 1 aromatic heterocycles. The van der Waals surface area contributed by atoms with Crippen LogP contribution < -0.4 is 10.6 Å². The first kappa shape index (κ1) is 9.45. The number of nitrogens with zero attached hydrogens (tertiary/aromatic N) is 1. The van der Waals surface area contributed by atoms with E-state index < -0.39 is 0 Å². The fraction of sp³-hybridized carbons (Fsp3) is 0.333. The molecule has 1 aromatic rings. The van der Waals surface area contributed by atoms with E-state index in [0.717, 1.165) is 18.5 Å². The zero-order valence-corrected chi connectivity index (χ0v) is 9.04. The predicted molar refractivity (Wildman–Crippen MR) is 57.1 cm³/mol. The molecular formula is C9H10BrN3O. The second-order valence-electron chi connectivity index (χ2n) is 3.24. The Labute approximate surface area is 90.2 Å². The molecule has 0 aromatic carbocycles. The summed E-state index contributed by atoms with van der Waals surface area (Å²) in [7, 11) is 0. The first-order valence-electron chi connectivity index (χ1n) is 4.43. The molecule has 1 fully saturated rings. The van der Waals surface area contributed by atoms with Gasteiger partial charge in [0.05, 0.1) is 0 Å². The average molecular weight is 256 g/mol. The summed E-state index contributed by atoms with van der Waals surface area (Å²) in [6.45, 7) is 0. The number of amides is 2. The summed E-state index contributed by atoms with van der Waals surface area (Å²) in [5.41, 5.74) is 0.741. The Morgan fingerprint density at radius 1 is 1.57 bits per heavy atom. The summed E-state index contributed by atoms with van der Waals surface area (Å²) >= 11 is 3.23. The van der Waals surface area contributed by atoms with Crippen molar-refractivity contribution in [2.45, 2.75) is 18.9 Å². The molecule has 1 heterocycles. The zero-order valence-electron chi connectivity index (χ0n) is 7.46. The molecule has 1 saturated carbocycles. The Kier molecular flexibility index (Phi) is 2.67. The van der Waals surface area contributed by atoms with Crippen LogP contribution in [0.25, 0.3) is 0 Å². The minimum atomic E-state index is -0.148. The van der Waals surface area contributed by atoms with Gasteiger partial charge in [0.25, 0.3) is 0 Å². The van der Waals surface area contributed by atoms with Crippen molar-refractivity contribution in [2.24, 2.45) is 0 Å². The number of anilines is 1. The molecule has 0 spiro atoms. The number of urea groups is 1. The molecule has 2 amide bonds. The van der Waals surface area contributed by atoms with Crippen LogP contribution in [0.15, 0.2) is 22.9 Å². The van der Waals surface area contributed by atoms with Gasteiger partial charge in [-0.25, -0.2) is 9.78 Å². The van der Waals surface area contributed by atoms with Gasteiger partial charge in [-0.2, -0.15) is 0 Å². The van der Waals surface area contributed by atoms with Gasteiger partial charge in [-0.05, 0) is 40.9 Å². The summed E-state index contributed by atoms with van der Waals surface area (Å²) in [6.07, 6.45) is 3.82. The maximum absolute atomic E-state index is 11.3. The van der Waals surface area contributed by atoms with E-state index in [2.05, 4.69) is 31.5 Å². The number of hydrogen-bond acceptors (Lipinski definition) is 2. The number of hydrogen-bond donors (Lipinski definition) is 2. The van der Waals surface area contributed by atoms with E-state index in [0.29, 0.717) is 10.6 Å². The molecule has 1 aliphatic carbocycles. The first-order valence-corrected chi connectivity index (χ1v) is 5.22. The number of rotatable bonds is 2. The van der Waals surface area contributed by atoms with Crippen LogP contribution in [0.1, 0.15) is 12.8 Å². The van der Waals surface area contributed by atoms with E-state index in [9.17, 15) is 4.79 Å². The molecule has 5 heteroatoms. The van der Waals surface area contributed by atoms with Crippen LogP contribution in [0.5, 0.6) is 0 Å². The van der Waals surface area contributed by atoms with E-state index in [1.165, 1.54) is 0 Å². The number of carbonyl (C=O) groups is 1. The smallest absolute Gasteiger partial charge is 0.319 e. The van der Waals surface area contributed by atoms with Crippen LogP contribution >= 0.6 is 15.9 Å². The highest BCUT2D eigenvalue weighted by Gasteiger charge is 2.23. The summed E-state index contributed by atoms with van der Waals surface area (Å²) in [6, 6.07) is 3.73. The molecule has 0 bridgehead atoms. The Bertz CT molecular complexity index is 352. The van der Waals surface area contributed by atoms with E-state index in [4.69, 9.17) is 0 Å². The monoisotopic (exact) mass is 255 g/mol. The van der Waals surface area contributed by atoms with Gasteiger partial charge in [0, 0.05) is 17.9 Å². The minimum absolute atomic E-state index is 0.148. The molecule has 0 aliphatic heterocycles. The number of aromatic nitrogens is 1. The number of halogens is 1. The lowest BCUT2D eigenvalue weighted by Crippen LogP contribution is -2.30. The maximum atomic E-state index is 11.3. The van der Waals surface area contributed by atoms with Crippen LogP contribution in [0.3, 0.4) is 0 Å². The van der Waals surface area contributed by atoms with Gasteiger partial charge < -0.3 is 10.6 Å². The lowest BCUT2D eigenvalue weighted by molar-refractivity contribution is 0.251. The van der Waals surface area contributed by atoms with E-state index in [1.807, 2.05) is 0 Å². The Morgan fingerprint density at radius 2 is 2.36 bits per heavy atom. The Hall–Kier alpha value is -1.10. The molecule has 0 radical (unpaired) electrons. The Morgan fingerprint density at radius 3 is 3.00 bits per heavy atom. The fourth-order valence-corrected chi connectivity index (χ4v) is 1.43. The normalized spacial score (nSPS) is 14.9. The van der Waals surface area contributed by atoms with Gasteiger partial charge in [0.2, 0.25) is 0 Å². The molecule has 14 heavy (non-hydrogen) atoms. The van der Waals surface area contributed by atoms with Crippen molar-refractivity contribution >= 4 is 27.6 Å². The average Bonchev–Trinajstić information content (AvgIpc) is 2.87. The first-order chi connectivity index (χ1) is 6.74. The van der Waals surface area contributed by atoms with Gasteiger partial charge in [0.15, 0.2) is 0 Å². The summed E-state index contributed by atoms with van der Waals surface area (Å²) in [5.74, 6) is 0. The van der Waals surface area contributed by atoms with Gasteiger partial charge >= 0.3 is 6.03 Å². The van der Waals surface area contributed by atoms with Gasteiger partial charge in [-0.1, -0.05) is 0 Å². The lowest BCUT2D eigenvalue weighted by Gasteiger charge is -2.05. The molecule has 4 nitrogen and oxygen atoms in total. The summed E-state index contributed by atoms with van der Waals surface area (Å²) in [4.78, 5) is 15.3. The third kappa shape index (κ3) is 2.70. The SMILES string of the molecule is O=C(Nc1ccnc(Br)c1)NC1CC1. The largest absolute Gasteiger partial charge is 0.335 e. The van der Waals surface area contributed by atoms with Gasteiger partial charge in [-0.3, -0.25) is 0 Å². The van der Waals surface area contributed by atoms with Crippen molar-refractivity contribution in [3.8, 4) is 0 Å². The summed E-state index contributed by atoms with van der Waals surface area (Å²) in [5, 5.41) is 5.57. The predicted octanol–water partition coefficient (Wildman–Crippen LogP) is 2.13. The molecule has 2 rings (SSSR count). The quantitative estimate of drug-likeness (QED) is 0.796. The van der Waals surface area contributed by atoms with Crippen LogP contribution in [0.4, 0.5) is 10.5 Å². The highest BCUT2D eigenvalue weighted by atomic mass is 79.9. The standard InChI is InChI=1S/C9H10BrN3O/c10-8-5-7(3-4-11-8)13-9(14)12-6-1-2-6/h3-6H,1-2H2,(H2,11,12,13,14). The third-order valence-electron chi connectivity index (χ3n) is 1.90. The fourth-order valence-electron chi connectivity index (χ4n) is 1.06. The Balaban J connectivity index is 1.92. The molecule has 0 saturated heterocycles. The van der Waals surface area contributed by atoms with Crippen LogP contribution in [-0.4, -0.2) is 17.1 Å². The van der Waals surface area contributed by atoms with Crippen molar-refractivity contribution in [1.29, 1.82) is 0 Å². The highest BCUT2D eigenvalue weighted by molar-refractivity contribution is 9.10. The molecule has 2 N–H and O–H groups in total. The number of nitrogens with one attached hydrogen (secondary N) is 2. The van der Waals surface area contributed by atoms with Crippen LogP contribution in [0.2, 0.25) is 0 Å². The van der Waals surface area contributed by atoms with Crippen molar-refractivity contribution in [3.63, 3.8) is 0 Å². The maximum Gasteiger partial charge on any atom is 0.319 e. The topological polar surface area (TPSA) is 54.0 Å². The van der Waals surface area contributed by atoms with Crippen molar-refractivity contribution < 1.29 is 4.79 Å². The zero-order chi connectivity index (χ0) is 9.97. The third-order valence-corrected chi connectivity index (χ3v) is 2.33. The minimum Gasteiger partial charge on any atom is -0.335 e. The van der Waals surface area contributed by atoms with Crippen LogP contribution in [0, 0.1) is 0 Å².